The minimum Gasteiger partial charge on any atom is -0.196 e. The number of halogens is 4. The van der Waals surface area contributed by atoms with Gasteiger partial charge in [-0.25, -0.2) is 0 Å². The first-order valence-electron chi connectivity index (χ1n) is 1.01. The molecule has 0 nitrogen and oxygen atoms in total. The molecule has 0 radical (unpaired) electrons. The molecule has 0 aliphatic heterocycles. The molecule has 0 spiro atoms. The van der Waals surface area contributed by atoms with Crippen LogP contribution >= 0.6 is 45.2 Å². The van der Waals surface area contributed by atoms with Crippen LogP contribution in [0.4, 0.5) is 8.78 Å². The predicted molar refractivity (Wildman–Crippen MR) is 37.3 cm³/mol. The van der Waals surface area contributed by atoms with Crippen molar-refractivity contribution in [2.24, 2.45) is 0 Å². The first-order valence-corrected chi connectivity index (χ1v) is 3.16. The van der Waals surface area contributed by atoms with E-state index in [2.05, 4.69) is 0 Å². The van der Waals surface area contributed by atoms with Gasteiger partial charge in [0.25, 0.3) is 0 Å². The average molecular weight is 316 g/mol. The van der Waals surface area contributed by atoms with Crippen LogP contribution in [-0.4, -0.2) is 0 Å². The maximum atomic E-state index is 11.3. The summed E-state index contributed by atoms with van der Waals surface area (Å²) in [6.45, 7) is 0. The summed E-state index contributed by atoms with van der Waals surface area (Å²) < 4.78 is 21.0. The van der Waals surface area contributed by atoms with Crippen molar-refractivity contribution >= 4 is 45.2 Å². The molecule has 0 aromatic heterocycles. The van der Waals surface area contributed by atoms with Crippen molar-refractivity contribution in [2.75, 3.05) is 0 Å². The summed E-state index contributed by atoms with van der Waals surface area (Å²) in [6, 6.07) is 0. The van der Waals surface area contributed by atoms with E-state index in [1.807, 2.05) is 0 Å². The molecule has 0 saturated heterocycles. The van der Waals surface area contributed by atoms with Crippen LogP contribution in [0.25, 0.3) is 0 Å². The predicted octanol–water partition coefficient (Wildman–Crippen LogP) is 2.92. The Balaban J connectivity index is 3.68. The van der Waals surface area contributed by atoms with Crippen molar-refractivity contribution in [1.82, 2.24) is 0 Å². The molecule has 0 saturated carbocycles. The van der Waals surface area contributed by atoms with Crippen molar-refractivity contribution in [3.05, 3.63) is 7.67 Å². The van der Waals surface area contributed by atoms with Gasteiger partial charge in [0.1, 0.15) is 0 Å². The Bertz CT molecular complexity index is 59.6. The van der Waals surface area contributed by atoms with Gasteiger partial charge in [0.2, 0.25) is 7.67 Å². The maximum absolute atomic E-state index is 11.3. The van der Waals surface area contributed by atoms with Crippen LogP contribution < -0.4 is 0 Å². The van der Waals surface area contributed by atoms with Crippen molar-refractivity contribution < 1.29 is 8.78 Å². The molecule has 6 heavy (non-hydrogen) atoms. The lowest BCUT2D eigenvalue weighted by Gasteiger charge is -1.73. The number of rotatable bonds is 0. The zero-order valence-electron chi connectivity index (χ0n) is 2.51. The number of hydrogen-bond donors (Lipinski definition) is 0. The highest BCUT2D eigenvalue weighted by molar-refractivity contribution is 14.1. The summed E-state index contributed by atoms with van der Waals surface area (Å²) in [4.78, 5) is 0. The molecular weight excluding hydrogens is 316 g/mol. The molecule has 0 amide bonds. The van der Waals surface area contributed by atoms with Gasteiger partial charge < -0.3 is 0 Å². The smallest absolute Gasteiger partial charge is 0.196 e. The van der Waals surface area contributed by atoms with Crippen molar-refractivity contribution in [3.63, 3.8) is 0 Å². The van der Waals surface area contributed by atoms with Gasteiger partial charge in [0.05, 0.1) is 0 Å². The molecule has 0 unspecified atom stereocenters. The van der Waals surface area contributed by atoms with Crippen molar-refractivity contribution in [2.45, 2.75) is 0 Å². The Labute approximate surface area is 61.3 Å². The van der Waals surface area contributed by atoms with Gasteiger partial charge in [-0.3, -0.25) is 0 Å². The van der Waals surface area contributed by atoms with Gasteiger partial charge in [0, 0.05) is 0 Å². The van der Waals surface area contributed by atoms with E-state index in [4.69, 9.17) is 0 Å². The van der Waals surface area contributed by atoms with E-state index in [0.717, 1.165) is 0 Å². The van der Waals surface area contributed by atoms with Gasteiger partial charge in [-0.15, -0.1) is 0 Å². The lowest BCUT2D eigenvalue weighted by Crippen LogP contribution is -1.49. The van der Waals surface area contributed by atoms with Crippen LogP contribution in [0.1, 0.15) is 0 Å². The second kappa shape index (κ2) is 3.11. The minimum absolute atomic E-state index is 0.784. The van der Waals surface area contributed by atoms with E-state index in [0.29, 0.717) is 0 Å². The Kier molecular flexibility index (Phi) is 3.66. The fraction of sp³-hybridized carbons (Fsp3) is 0. The molecule has 0 N–H and O–H groups in total. The van der Waals surface area contributed by atoms with E-state index < -0.39 is 7.67 Å². The Morgan fingerprint density at radius 1 is 1.00 bits per heavy atom. The summed E-state index contributed by atoms with van der Waals surface area (Å²) in [6.07, 6.45) is 0. The first-order chi connectivity index (χ1) is 2.64. The molecule has 36 valence electrons. The van der Waals surface area contributed by atoms with E-state index in [-0.39, 0.29) is 0 Å². The molecule has 0 bridgehead atoms. The third-order valence-corrected chi connectivity index (χ3v) is 2.12. The van der Waals surface area contributed by atoms with E-state index in [1.165, 1.54) is 45.2 Å². The molecule has 0 fully saturated rings. The summed E-state index contributed by atoms with van der Waals surface area (Å²) in [5, 5.41) is 0. The van der Waals surface area contributed by atoms with Gasteiger partial charge in [-0.1, -0.05) is 0 Å². The molecule has 0 atom stereocenters. The fourth-order valence-corrected chi connectivity index (χ4v) is 0. The zero-order valence-corrected chi connectivity index (χ0v) is 6.83. The second-order valence-electron chi connectivity index (χ2n) is 0.521. The van der Waals surface area contributed by atoms with Crippen molar-refractivity contribution in [1.29, 1.82) is 0 Å². The highest BCUT2D eigenvalue weighted by Gasteiger charge is 1.91. The van der Waals surface area contributed by atoms with Crippen LogP contribution in [0.2, 0.25) is 0 Å². The van der Waals surface area contributed by atoms with E-state index >= 15 is 0 Å². The summed E-state index contributed by atoms with van der Waals surface area (Å²) >= 11 is 2.53. The van der Waals surface area contributed by atoms with Crippen molar-refractivity contribution in [3.8, 4) is 0 Å². The second-order valence-corrected chi connectivity index (χ2v) is 2.42. The lowest BCUT2D eigenvalue weighted by atomic mass is 11.2. The third kappa shape index (κ3) is 3.26. The molecule has 4 heteroatoms. The molecule has 0 aromatic rings. The summed E-state index contributed by atoms with van der Waals surface area (Å²) in [5.41, 5.74) is 0. The maximum Gasteiger partial charge on any atom is 0.202 e. The number of hydrogen-bond acceptors (Lipinski definition) is 0. The average Bonchev–Trinajstić information content (AvgIpc) is 1.36. The first kappa shape index (κ1) is 7.06. The van der Waals surface area contributed by atoms with Crippen LogP contribution in [0.5, 0.6) is 0 Å². The van der Waals surface area contributed by atoms with Crippen LogP contribution in [-0.2, 0) is 0 Å². The van der Waals surface area contributed by atoms with Gasteiger partial charge in [-0.2, -0.15) is 8.78 Å². The summed E-state index contributed by atoms with van der Waals surface area (Å²) in [7, 11) is 0. The van der Waals surface area contributed by atoms with Gasteiger partial charge in [0.15, 0.2) is 0 Å². The van der Waals surface area contributed by atoms with Crippen LogP contribution in [0.3, 0.4) is 0 Å². The van der Waals surface area contributed by atoms with Gasteiger partial charge in [-0.05, 0) is 45.2 Å². The molecule has 0 heterocycles. The Morgan fingerprint density at radius 2 is 1.17 bits per heavy atom. The van der Waals surface area contributed by atoms with Crippen LogP contribution in [0.15, 0.2) is 7.67 Å². The van der Waals surface area contributed by atoms with E-state index in [1.54, 1.807) is 0 Å². The lowest BCUT2D eigenvalue weighted by molar-refractivity contribution is 0.632. The molecule has 0 aliphatic rings. The SMILES string of the molecule is FC(I)=C(F)I. The van der Waals surface area contributed by atoms with E-state index in [9.17, 15) is 8.78 Å². The quantitative estimate of drug-likeness (QED) is 0.603. The normalized spacial score (nSPS) is 14.0. The molecular formula is C2F2I2. The molecule has 0 aliphatic carbocycles. The topological polar surface area (TPSA) is 0 Å². The standard InChI is InChI=1S/C2F2I2/c3-1(5)2(4)6. The minimum atomic E-state index is -0.784. The Hall–Kier alpha value is 1.06. The fourth-order valence-electron chi connectivity index (χ4n) is 0. The Morgan fingerprint density at radius 3 is 1.17 bits per heavy atom. The van der Waals surface area contributed by atoms with Crippen LogP contribution in [0, 0.1) is 0 Å². The molecule has 0 aromatic carbocycles. The zero-order chi connectivity index (χ0) is 5.15. The van der Waals surface area contributed by atoms with Gasteiger partial charge >= 0.3 is 0 Å². The monoisotopic (exact) mass is 316 g/mol. The highest BCUT2D eigenvalue weighted by atomic mass is 127. The molecule has 0 rings (SSSR count). The highest BCUT2D eigenvalue weighted by Crippen LogP contribution is 2.19. The summed E-state index contributed by atoms with van der Waals surface area (Å²) in [5.74, 6) is 0. The third-order valence-electron chi connectivity index (χ3n) is 0.143. The largest absolute Gasteiger partial charge is 0.202 e.